The lowest BCUT2D eigenvalue weighted by Gasteiger charge is -2.18. The third kappa shape index (κ3) is 64.6. The van der Waals surface area contributed by atoms with E-state index < -0.39 is 6.10 Å². The first-order valence-corrected chi connectivity index (χ1v) is 33.5. The van der Waals surface area contributed by atoms with Crippen LogP contribution in [0.2, 0.25) is 0 Å². The molecule has 0 heterocycles. The highest BCUT2D eigenvalue weighted by atomic mass is 16.6. The van der Waals surface area contributed by atoms with Gasteiger partial charge in [0.25, 0.3) is 0 Å². The molecule has 80 heavy (non-hydrogen) atoms. The number of hydrogen-bond acceptors (Lipinski definition) is 6. The predicted molar refractivity (Wildman–Crippen MR) is 348 cm³/mol. The lowest BCUT2D eigenvalue weighted by molar-refractivity contribution is -0.167. The number of unbranched alkanes of at least 4 members (excludes halogenated alkanes) is 29. The number of rotatable bonds is 60. The summed E-state index contributed by atoms with van der Waals surface area (Å²) in [5.74, 6) is -0.926. The summed E-state index contributed by atoms with van der Waals surface area (Å²) >= 11 is 0. The zero-order chi connectivity index (χ0) is 57.8. The molecule has 0 N–H and O–H groups in total. The van der Waals surface area contributed by atoms with Gasteiger partial charge in [-0.2, -0.15) is 0 Å². The Morgan fingerprint density at radius 1 is 0.263 bits per heavy atom. The molecule has 0 aliphatic carbocycles. The van der Waals surface area contributed by atoms with Crippen molar-refractivity contribution in [2.45, 2.75) is 316 Å². The lowest BCUT2D eigenvalue weighted by Crippen LogP contribution is -2.30. The second kappa shape index (κ2) is 67.3. The Morgan fingerprint density at radius 2 is 0.487 bits per heavy atom. The smallest absolute Gasteiger partial charge is 0.306 e. The van der Waals surface area contributed by atoms with Gasteiger partial charge in [0.15, 0.2) is 6.10 Å². The second-order valence-electron chi connectivity index (χ2n) is 22.0. The minimum Gasteiger partial charge on any atom is -0.462 e. The van der Waals surface area contributed by atoms with Crippen molar-refractivity contribution in [3.8, 4) is 0 Å². The molecule has 6 heteroatoms. The van der Waals surface area contributed by atoms with Crippen molar-refractivity contribution in [3.05, 3.63) is 122 Å². The molecule has 0 saturated carbocycles. The monoisotopic (exact) mass is 1110 g/mol. The molecule has 0 aromatic carbocycles. The highest BCUT2D eigenvalue weighted by Crippen LogP contribution is 2.17. The van der Waals surface area contributed by atoms with Crippen LogP contribution in [0.3, 0.4) is 0 Å². The van der Waals surface area contributed by atoms with Crippen LogP contribution in [0.25, 0.3) is 0 Å². The van der Waals surface area contributed by atoms with E-state index in [2.05, 4.69) is 142 Å². The van der Waals surface area contributed by atoms with Crippen molar-refractivity contribution in [3.63, 3.8) is 0 Å². The van der Waals surface area contributed by atoms with Crippen molar-refractivity contribution in [1.29, 1.82) is 0 Å². The molecule has 0 spiro atoms. The molecule has 0 saturated heterocycles. The van der Waals surface area contributed by atoms with E-state index in [0.717, 1.165) is 116 Å². The lowest BCUT2D eigenvalue weighted by atomic mass is 10.0. The maximum atomic E-state index is 12.9. The molecule has 0 rings (SSSR count). The largest absolute Gasteiger partial charge is 0.462 e. The van der Waals surface area contributed by atoms with Crippen molar-refractivity contribution >= 4 is 17.9 Å². The van der Waals surface area contributed by atoms with Gasteiger partial charge in [0.2, 0.25) is 0 Å². The second-order valence-corrected chi connectivity index (χ2v) is 22.0. The molecule has 6 nitrogen and oxygen atoms in total. The van der Waals surface area contributed by atoms with E-state index in [4.69, 9.17) is 14.2 Å². The highest BCUT2D eigenvalue weighted by Gasteiger charge is 2.19. The van der Waals surface area contributed by atoms with E-state index >= 15 is 0 Å². The van der Waals surface area contributed by atoms with Crippen LogP contribution in [0.4, 0.5) is 0 Å². The zero-order valence-corrected chi connectivity index (χ0v) is 52.3. The van der Waals surface area contributed by atoms with Crippen LogP contribution >= 0.6 is 0 Å². The fraction of sp³-hybridized carbons (Fsp3) is 0.689. The molecule has 456 valence electrons. The van der Waals surface area contributed by atoms with Gasteiger partial charge in [0.05, 0.1) is 0 Å². The van der Waals surface area contributed by atoms with Gasteiger partial charge in [-0.15, -0.1) is 0 Å². The van der Waals surface area contributed by atoms with Crippen LogP contribution in [0.15, 0.2) is 122 Å². The van der Waals surface area contributed by atoms with Crippen molar-refractivity contribution in [2.75, 3.05) is 13.2 Å². The Hall–Kier alpha value is -4.19. The average Bonchev–Trinajstić information content (AvgIpc) is 3.46. The molecule has 0 fully saturated rings. The molecule has 0 radical (unpaired) electrons. The van der Waals surface area contributed by atoms with E-state index in [1.807, 2.05) is 0 Å². The summed E-state index contributed by atoms with van der Waals surface area (Å²) in [7, 11) is 0. The standard InChI is InChI=1S/C74H124O6/c1-4-7-10-13-16-19-22-25-27-28-29-30-31-32-33-34-35-36-37-38-39-40-41-42-43-44-45-46-48-49-52-55-58-61-64-67-73(76)79-70-71(69-78-72(75)66-63-60-57-54-51-24-21-18-15-12-9-6-3)80-74(77)68-65-62-59-56-53-50-47-26-23-20-17-14-11-8-5-2/h7-8,10-11,16-17,19-20,25-27,29-30,32-33,35-36,47,53,56,71H,4-6,9,12-15,18,21-24,28,31,34,37-46,48-52,54-55,57-70H2,1-3H3/b10-7-,11-8-,19-16-,20-17-,27-25-,30-29-,33-32-,36-35-,47-26-,56-53-. The number of ether oxygens (including phenoxy) is 3. The molecule has 0 bridgehead atoms. The van der Waals surface area contributed by atoms with Crippen molar-refractivity contribution < 1.29 is 28.6 Å². The van der Waals surface area contributed by atoms with Gasteiger partial charge >= 0.3 is 17.9 Å². The van der Waals surface area contributed by atoms with Crippen LogP contribution in [0.1, 0.15) is 310 Å². The molecule has 0 aliphatic heterocycles. The van der Waals surface area contributed by atoms with Gasteiger partial charge < -0.3 is 14.2 Å². The predicted octanol–water partition coefficient (Wildman–Crippen LogP) is 23.2. The quantitative estimate of drug-likeness (QED) is 0.0261. The third-order valence-corrected chi connectivity index (χ3v) is 14.2. The minimum absolute atomic E-state index is 0.0919. The van der Waals surface area contributed by atoms with Gasteiger partial charge in [0.1, 0.15) is 13.2 Å². The normalized spacial score (nSPS) is 12.9. The first kappa shape index (κ1) is 75.8. The summed E-state index contributed by atoms with van der Waals surface area (Å²) in [6.45, 7) is 6.39. The molecule has 0 aromatic rings. The van der Waals surface area contributed by atoms with Crippen LogP contribution in [0, 0.1) is 0 Å². The molecular weight excluding hydrogens is 985 g/mol. The Morgan fingerprint density at radius 3 is 0.787 bits per heavy atom. The fourth-order valence-corrected chi connectivity index (χ4v) is 9.26. The van der Waals surface area contributed by atoms with Crippen molar-refractivity contribution in [2.24, 2.45) is 0 Å². The number of esters is 3. The summed E-state index contributed by atoms with van der Waals surface area (Å²) in [6.07, 6.45) is 93.8. The summed E-state index contributed by atoms with van der Waals surface area (Å²) in [6, 6.07) is 0. The van der Waals surface area contributed by atoms with Crippen LogP contribution in [0.5, 0.6) is 0 Å². The SMILES string of the molecule is CC/C=C\C/C=C\C/C=C\C/C=C\C/C=C\C/C=C\CCCCCCCCCCCCCCCCCCC(=O)OCC(COC(=O)CCCCCCCCCCCCCC)OC(=O)CCCC/C=C\C/C=C\C/C=C\C/C=C\CC. The number of allylic oxidation sites excluding steroid dienone is 20. The Kier molecular flexibility index (Phi) is 63.8. The highest BCUT2D eigenvalue weighted by molar-refractivity contribution is 5.71. The maximum Gasteiger partial charge on any atom is 0.306 e. The van der Waals surface area contributed by atoms with E-state index in [9.17, 15) is 14.4 Å². The molecule has 0 aliphatic rings. The summed E-state index contributed by atoms with van der Waals surface area (Å²) in [5.41, 5.74) is 0. The molecule has 0 aromatic heterocycles. The molecule has 0 amide bonds. The fourth-order valence-electron chi connectivity index (χ4n) is 9.26. The van der Waals surface area contributed by atoms with E-state index in [1.54, 1.807) is 0 Å². The van der Waals surface area contributed by atoms with E-state index in [1.165, 1.54) is 148 Å². The number of carbonyl (C=O) groups excluding carboxylic acids is 3. The number of carbonyl (C=O) groups is 3. The van der Waals surface area contributed by atoms with Gasteiger partial charge in [-0.1, -0.05) is 303 Å². The maximum absolute atomic E-state index is 12.9. The number of hydrogen-bond donors (Lipinski definition) is 0. The zero-order valence-electron chi connectivity index (χ0n) is 52.3. The summed E-state index contributed by atoms with van der Waals surface area (Å²) < 4.78 is 16.9. The first-order chi connectivity index (χ1) is 39.5. The van der Waals surface area contributed by atoms with Crippen molar-refractivity contribution in [1.82, 2.24) is 0 Å². The Balaban J connectivity index is 4.15. The molecular formula is C74H124O6. The summed E-state index contributed by atoms with van der Waals surface area (Å²) in [4.78, 5) is 38.2. The Bertz CT molecular complexity index is 1650. The van der Waals surface area contributed by atoms with E-state index in [-0.39, 0.29) is 37.5 Å². The van der Waals surface area contributed by atoms with Gasteiger partial charge in [-0.3, -0.25) is 14.4 Å². The molecule has 1 unspecified atom stereocenters. The van der Waals surface area contributed by atoms with Crippen LogP contribution in [-0.2, 0) is 28.6 Å². The van der Waals surface area contributed by atoms with Crippen LogP contribution in [-0.4, -0.2) is 37.2 Å². The van der Waals surface area contributed by atoms with Gasteiger partial charge in [-0.05, 0) is 109 Å². The topological polar surface area (TPSA) is 78.9 Å². The Labute approximate surface area is 494 Å². The third-order valence-electron chi connectivity index (χ3n) is 14.2. The first-order valence-electron chi connectivity index (χ1n) is 33.5. The van der Waals surface area contributed by atoms with Gasteiger partial charge in [-0.25, -0.2) is 0 Å². The minimum atomic E-state index is -0.799. The molecule has 1 atom stereocenters. The van der Waals surface area contributed by atoms with E-state index in [0.29, 0.717) is 19.3 Å². The summed E-state index contributed by atoms with van der Waals surface area (Å²) in [5, 5.41) is 0. The average molecular weight is 1110 g/mol. The van der Waals surface area contributed by atoms with Gasteiger partial charge in [0, 0.05) is 19.3 Å². The van der Waals surface area contributed by atoms with Crippen LogP contribution < -0.4 is 0 Å².